The molecule has 1 fully saturated rings. The molecular weight excluding hydrogens is 318 g/mol. The van der Waals surface area contributed by atoms with Gasteiger partial charge in [0.05, 0.1) is 16.4 Å². The summed E-state index contributed by atoms with van der Waals surface area (Å²) in [4.78, 5) is 10.9. The first-order valence-corrected chi connectivity index (χ1v) is 9.48. The molecule has 0 bridgehead atoms. The standard InChI is InChI=1S/C12H15NO6S2/c14-12(15)8-13(10-6-7-20(16,17)9-10)21(18,19)11-4-2-1-3-5-11/h1-5,10H,6-9H2,(H,14,15). The van der Waals surface area contributed by atoms with E-state index >= 15 is 0 Å². The summed E-state index contributed by atoms with van der Waals surface area (Å²) < 4.78 is 48.9. The number of rotatable bonds is 5. The smallest absolute Gasteiger partial charge is 0.318 e. The molecule has 0 amide bonds. The maximum atomic E-state index is 12.5. The number of hydrogen-bond donors (Lipinski definition) is 1. The van der Waals surface area contributed by atoms with E-state index in [2.05, 4.69) is 0 Å². The molecule has 1 heterocycles. The van der Waals surface area contributed by atoms with E-state index in [0.29, 0.717) is 0 Å². The number of benzene rings is 1. The molecule has 1 unspecified atom stereocenters. The number of hydrogen-bond acceptors (Lipinski definition) is 5. The van der Waals surface area contributed by atoms with Crippen LogP contribution in [0.5, 0.6) is 0 Å². The van der Waals surface area contributed by atoms with Gasteiger partial charge >= 0.3 is 5.97 Å². The Kier molecular flexibility index (Phi) is 4.35. The van der Waals surface area contributed by atoms with E-state index in [-0.39, 0.29) is 22.8 Å². The fourth-order valence-corrected chi connectivity index (χ4v) is 5.72. The van der Waals surface area contributed by atoms with Crippen LogP contribution in [0.2, 0.25) is 0 Å². The van der Waals surface area contributed by atoms with Crippen molar-refractivity contribution in [2.75, 3.05) is 18.1 Å². The van der Waals surface area contributed by atoms with E-state index in [4.69, 9.17) is 5.11 Å². The Morgan fingerprint density at radius 1 is 1.29 bits per heavy atom. The van der Waals surface area contributed by atoms with Gasteiger partial charge in [0.15, 0.2) is 9.84 Å². The van der Waals surface area contributed by atoms with E-state index in [9.17, 15) is 21.6 Å². The van der Waals surface area contributed by atoms with Gasteiger partial charge in [-0.25, -0.2) is 16.8 Å². The van der Waals surface area contributed by atoms with Crippen LogP contribution in [0.3, 0.4) is 0 Å². The first-order chi connectivity index (χ1) is 9.72. The van der Waals surface area contributed by atoms with Gasteiger partial charge in [-0.2, -0.15) is 4.31 Å². The molecule has 21 heavy (non-hydrogen) atoms. The molecule has 0 radical (unpaired) electrons. The zero-order valence-electron chi connectivity index (χ0n) is 11.0. The second-order valence-electron chi connectivity index (χ2n) is 4.81. The summed E-state index contributed by atoms with van der Waals surface area (Å²) in [6.45, 7) is -0.753. The summed E-state index contributed by atoms with van der Waals surface area (Å²) in [5.41, 5.74) is 0. The van der Waals surface area contributed by atoms with Crippen molar-refractivity contribution in [2.24, 2.45) is 0 Å². The van der Waals surface area contributed by atoms with Gasteiger partial charge in [-0.3, -0.25) is 4.79 Å². The topological polar surface area (TPSA) is 109 Å². The summed E-state index contributed by atoms with van der Waals surface area (Å²) in [6, 6.07) is 6.56. The van der Waals surface area contributed by atoms with Gasteiger partial charge in [-0.15, -0.1) is 0 Å². The molecule has 1 aliphatic rings. The van der Waals surface area contributed by atoms with Crippen LogP contribution in [0.1, 0.15) is 6.42 Å². The Morgan fingerprint density at radius 2 is 1.90 bits per heavy atom. The minimum Gasteiger partial charge on any atom is -0.480 e. The molecular formula is C12H15NO6S2. The highest BCUT2D eigenvalue weighted by atomic mass is 32.2. The lowest BCUT2D eigenvalue weighted by molar-refractivity contribution is -0.137. The molecule has 1 aromatic rings. The van der Waals surface area contributed by atoms with E-state index in [1.54, 1.807) is 6.07 Å². The van der Waals surface area contributed by atoms with Crippen molar-refractivity contribution in [3.8, 4) is 0 Å². The minimum absolute atomic E-state index is 0.0458. The normalized spacial score (nSPS) is 21.5. The minimum atomic E-state index is -4.04. The van der Waals surface area contributed by atoms with Crippen molar-refractivity contribution in [2.45, 2.75) is 17.4 Å². The predicted molar refractivity (Wildman–Crippen MR) is 75.0 cm³/mol. The molecule has 1 N–H and O–H groups in total. The van der Waals surface area contributed by atoms with Gasteiger partial charge in [0.1, 0.15) is 6.54 Å². The first-order valence-electron chi connectivity index (χ1n) is 6.21. The SMILES string of the molecule is O=C(O)CN(C1CCS(=O)(=O)C1)S(=O)(=O)c1ccccc1. The molecule has 0 aromatic heterocycles. The molecule has 7 nitrogen and oxygen atoms in total. The molecule has 0 spiro atoms. The zero-order chi connectivity index (χ0) is 15.7. The Balaban J connectivity index is 2.39. The molecule has 116 valence electrons. The lowest BCUT2D eigenvalue weighted by Crippen LogP contribution is -2.44. The van der Waals surface area contributed by atoms with E-state index in [1.807, 2.05) is 0 Å². The highest BCUT2D eigenvalue weighted by Crippen LogP contribution is 2.24. The van der Waals surface area contributed by atoms with Crippen molar-refractivity contribution < 1.29 is 26.7 Å². The lowest BCUT2D eigenvalue weighted by Gasteiger charge is -2.25. The van der Waals surface area contributed by atoms with E-state index < -0.39 is 38.4 Å². The third-order valence-electron chi connectivity index (χ3n) is 3.26. The second-order valence-corrected chi connectivity index (χ2v) is 8.93. The summed E-state index contributed by atoms with van der Waals surface area (Å²) in [7, 11) is -7.36. The Labute approximate surface area is 123 Å². The lowest BCUT2D eigenvalue weighted by atomic mass is 10.2. The monoisotopic (exact) mass is 333 g/mol. The average molecular weight is 333 g/mol. The number of nitrogens with zero attached hydrogens (tertiary/aromatic N) is 1. The first kappa shape index (κ1) is 15.9. The average Bonchev–Trinajstić information content (AvgIpc) is 2.76. The maximum absolute atomic E-state index is 12.5. The fourth-order valence-electron chi connectivity index (χ4n) is 2.27. The zero-order valence-corrected chi connectivity index (χ0v) is 12.7. The number of sulfonamides is 1. The molecule has 0 aliphatic carbocycles. The van der Waals surface area contributed by atoms with E-state index in [1.165, 1.54) is 24.3 Å². The van der Waals surface area contributed by atoms with Crippen LogP contribution < -0.4 is 0 Å². The van der Waals surface area contributed by atoms with Crippen LogP contribution in [0.15, 0.2) is 35.2 Å². The van der Waals surface area contributed by atoms with Crippen LogP contribution >= 0.6 is 0 Å². The number of carboxylic acids is 1. The number of carbonyl (C=O) groups is 1. The molecule has 1 aromatic carbocycles. The Bertz CT molecular complexity index is 726. The van der Waals surface area contributed by atoms with Gasteiger partial charge in [0.25, 0.3) is 0 Å². The summed E-state index contributed by atoms with van der Waals surface area (Å²) in [5, 5.41) is 8.93. The molecule has 1 saturated heterocycles. The van der Waals surface area contributed by atoms with Crippen molar-refractivity contribution >= 4 is 25.8 Å². The molecule has 1 aliphatic heterocycles. The van der Waals surface area contributed by atoms with Gasteiger partial charge < -0.3 is 5.11 Å². The summed E-state index contributed by atoms with van der Waals surface area (Å²) in [5.74, 6) is -1.79. The van der Waals surface area contributed by atoms with Crippen LogP contribution in [0, 0.1) is 0 Å². The van der Waals surface area contributed by atoms with Gasteiger partial charge in [0.2, 0.25) is 10.0 Å². The predicted octanol–water partition coefficient (Wildman–Crippen LogP) is -0.0510. The largest absolute Gasteiger partial charge is 0.480 e. The molecule has 9 heteroatoms. The van der Waals surface area contributed by atoms with Gasteiger partial charge in [-0.05, 0) is 18.6 Å². The third kappa shape index (κ3) is 3.60. The quantitative estimate of drug-likeness (QED) is 0.809. The molecule has 2 rings (SSSR count). The van der Waals surface area contributed by atoms with Crippen LogP contribution in [0.25, 0.3) is 0 Å². The third-order valence-corrected chi connectivity index (χ3v) is 6.92. The van der Waals surface area contributed by atoms with Gasteiger partial charge in [-0.1, -0.05) is 18.2 Å². The highest BCUT2D eigenvalue weighted by Gasteiger charge is 2.39. The summed E-state index contributed by atoms with van der Waals surface area (Å²) in [6.07, 6.45) is 0.113. The Morgan fingerprint density at radius 3 is 2.38 bits per heavy atom. The van der Waals surface area contributed by atoms with Crippen LogP contribution in [-0.2, 0) is 24.7 Å². The van der Waals surface area contributed by atoms with Crippen molar-refractivity contribution in [3.63, 3.8) is 0 Å². The molecule has 0 saturated carbocycles. The Hall–Kier alpha value is -1.45. The number of carboxylic acid groups (broad SMARTS) is 1. The maximum Gasteiger partial charge on any atom is 0.318 e. The van der Waals surface area contributed by atoms with Crippen molar-refractivity contribution in [3.05, 3.63) is 30.3 Å². The molecule has 1 atom stereocenters. The highest BCUT2D eigenvalue weighted by molar-refractivity contribution is 7.92. The summed E-state index contributed by atoms with van der Waals surface area (Å²) >= 11 is 0. The number of aliphatic carboxylic acids is 1. The van der Waals surface area contributed by atoms with Crippen LogP contribution in [-0.4, -0.2) is 56.3 Å². The van der Waals surface area contributed by atoms with Crippen molar-refractivity contribution in [1.29, 1.82) is 0 Å². The van der Waals surface area contributed by atoms with Gasteiger partial charge in [0, 0.05) is 6.04 Å². The fraction of sp³-hybridized carbons (Fsp3) is 0.417. The van der Waals surface area contributed by atoms with Crippen LogP contribution in [0.4, 0.5) is 0 Å². The van der Waals surface area contributed by atoms with E-state index in [0.717, 1.165) is 4.31 Å². The second kappa shape index (κ2) is 5.74. The van der Waals surface area contributed by atoms with Crippen molar-refractivity contribution in [1.82, 2.24) is 4.31 Å². The number of sulfone groups is 1.